The van der Waals surface area contributed by atoms with Crippen molar-refractivity contribution in [3.63, 3.8) is 0 Å². The molecule has 0 fully saturated rings. The van der Waals surface area contributed by atoms with E-state index in [4.69, 9.17) is 14.9 Å². The maximum Gasteiger partial charge on any atom is 0.123 e. The van der Waals surface area contributed by atoms with E-state index in [1.807, 2.05) is 25.1 Å². The molecule has 1 unspecified atom stereocenters. The zero-order chi connectivity index (χ0) is 13.8. The minimum atomic E-state index is -0.0610. The molecule has 1 aromatic heterocycles. The Hall–Kier alpha value is -1.39. The SMILES string of the molecule is COc1ccc(C)cc1C(N)CSc1ccoc1C. The van der Waals surface area contributed by atoms with E-state index in [9.17, 15) is 0 Å². The van der Waals surface area contributed by atoms with Crippen LogP contribution in [0.2, 0.25) is 0 Å². The van der Waals surface area contributed by atoms with Gasteiger partial charge in [0.25, 0.3) is 0 Å². The Morgan fingerprint density at radius 1 is 1.32 bits per heavy atom. The zero-order valence-electron chi connectivity index (χ0n) is 11.5. The largest absolute Gasteiger partial charge is 0.496 e. The summed E-state index contributed by atoms with van der Waals surface area (Å²) in [6.45, 7) is 4.02. The van der Waals surface area contributed by atoms with Crippen molar-refractivity contribution < 1.29 is 9.15 Å². The predicted octanol–water partition coefficient (Wildman–Crippen LogP) is 3.70. The molecule has 0 aliphatic heterocycles. The molecule has 0 saturated heterocycles. The molecule has 0 saturated carbocycles. The van der Waals surface area contributed by atoms with Gasteiger partial charge in [0, 0.05) is 22.3 Å². The molecule has 2 aromatic rings. The molecule has 2 N–H and O–H groups in total. The third-order valence-electron chi connectivity index (χ3n) is 3.01. The van der Waals surface area contributed by atoms with Crippen molar-refractivity contribution >= 4 is 11.8 Å². The van der Waals surface area contributed by atoms with Gasteiger partial charge in [-0.3, -0.25) is 0 Å². The number of aryl methyl sites for hydroxylation is 2. The number of methoxy groups -OCH3 is 1. The number of hydrogen-bond acceptors (Lipinski definition) is 4. The second-order valence-electron chi connectivity index (χ2n) is 4.50. The number of thioether (sulfide) groups is 1. The molecule has 4 heteroatoms. The standard InChI is InChI=1S/C15H19NO2S/c1-10-4-5-14(17-3)12(8-10)13(16)9-19-15-6-7-18-11(15)2/h4-8,13H,9,16H2,1-3H3. The monoisotopic (exact) mass is 277 g/mol. The van der Waals surface area contributed by atoms with Gasteiger partial charge in [-0.05, 0) is 26.0 Å². The predicted molar refractivity (Wildman–Crippen MR) is 78.8 cm³/mol. The molecular formula is C15H19NO2S. The van der Waals surface area contributed by atoms with Crippen molar-refractivity contribution in [2.24, 2.45) is 5.73 Å². The molecule has 0 spiro atoms. The third-order valence-corrected chi connectivity index (χ3v) is 4.27. The Bertz CT molecular complexity index is 551. The van der Waals surface area contributed by atoms with Crippen molar-refractivity contribution in [2.45, 2.75) is 24.8 Å². The van der Waals surface area contributed by atoms with E-state index in [1.165, 1.54) is 5.56 Å². The van der Waals surface area contributed by atoms with Crippen LogP contribution >= 0.6 is 11.8 Å². The normalized spacial score (nSPS) is 12.4. The quantitative estimate of drug-likeness (QED) is 0.847. The average Bonchev–Trinajstić information content (AvgIpc) is 2.81. The third kappa shape index (κ3) is 3.33. The highest BCUT2D eigenvalue weighted by atomic mass is 32.2. The van der Waals surface area contributed by atoms with Crippen LogP contribution in [0.5, 0.6) is 5.75 Å². The number of nitrogens with two attached hydrogens (primary N) is 1. The van der Waals surface area contributed by atoms with Gasteiger partial charge in [-0.25, -0.2) is 0 Å². The number of rotatable bonds is 5. The maximum atomic E-state index is 6.28. The van der Waals surface area contributed by atoms with Crippen molar-refractivity contribution in [3.8, 4) is 5.75 Å². The highest BCUT2D eigenvalue weighted by Crippen LogP contribution is 2.31. The van der Waals surface area contributed by atoms with E-state index >= 15 is 0 Å². The second kappa shape index (κ2) is 6.17. The Morgan fingerprint density at radius 2 is 2.11 bits per heavy atom. The number of furan rings is 1. The van der Waals surface area contributed by atoms with Gasteiger partial charge < -0.3 is 14.9 Å². The van der Waals surface area contributed by atoms with Crippen LogP contribution in [0.1, 0.15) is 22.9 Å². The highest BCUT2D eigenvalue weighted by Gasteiger charge is 2.13. The molecule has 1 atom stereocenters. The molecule has 0 radical (unpaired) electrons. The average molecular weight is 277 g/mol. The number of benzene rings is 1. The first kappa shape index (κ1) is 14.0. The highest BCUT2D eigenvalue weighted by molar-refractivity contribution is 7.99. The molecule has 1 aromatic carbocycles. The first-order chi connectivity index (χ1) is 9.11. The van der Waals surface area contributed by atoms with Gasteiger partial charge in [-0.2, -0.15) is 0 Å². The summed E-state index contributed by atoms with van der Waals surface area (Å²) in [5, 5.41) is 0. The summed E-state index contributed by atoms with van der Waals surface area (Å²) >= 11 is 1.71. The minimum absolute atomic E-state index is 0.0610. The molecule has 3 nitrogen and oxygen atoms in total. The van der Waals surface area contributed by atoms with E-state index < -0.39 is 0 Å². The lowest BCUT2D eigenvalue weighted by Gasteiger charge is -2.16. The summed E-state index contributed by atoms with van der Waals surface area (Å²) in [4.78, 5) is 1.14. The minimum Gasteiger partial charge on any atom is -0.496 e. The topological polar surface area (TPSA) is 48.4 Å². The van der Waals surface area contributed by atoms with Gasteiger partial charge in [-0.1, -0.05) is 17.7 Å². The lowest BCUT2D eigenvalue weighted by atomic mass is 10.1. The van der Waals surface area contributed by atoms with E-state index in [-0.39, 0.29) is 6.04 Å². The Labute approximate surface area is 118 Å². The molecule has 1 heterocycles. The van der Waals surface area contributed by atoms with Gasteiger partial charge in [0.15, 0.2) is 0 Å². The summed E-state index contributed by atoms with van der Waals surface area (Å²) < 4.78 is 10.7. The van der Waals surface area contributed by atoms with Crippen LogP contribution in [0.3, 0.4) is 0 Å². The molecule has 0 aliphatic rings. The van der Waals surface area contributed by atoms with Crippen LogP contribution in [0.4, 0.5) is 0 Å². The number of ether oxygens (including phenoxy) is 1. The first-order valence-corrected chi connectivity index (χ1v) is 7.17. The molecule has 0 amide bonds. The molecule has 2 rings (SSSR count). The summed E-state index contributed by atoms with van der Waals surface area (Å²) in [5.41, 5.74) is 8.52. The summed E-state index contributed by atoms with van der Waals surface area (Å²) in [6, 6.07) is 8.00. The molecular weight excluding hydrogens is 258 g/mol. The van der Waals surface area contributed by atoms with Crippen molar-refractivity contribution in [2.75, 3.05) is 12.9 Å². The van der Waals surface area contributed by atoms with E-state index in [0.717, 1.165) is 27.7 Å². The number of hydrogen-bond donors (Lipinski definition) is 1. The smallest absolute Gasteiger partial charge is 0.123 e. The molecule has 19 heavy (non-hydrogen) atoms. The fraction of sp³-hybridized carbons (Fsp3) is 0.333. The van der Waals surface area contributed by atoms with Crippen LogP contribution in [0.25, 0.3) is 0 Å². The fourth-order valence-corrected chi connectivity index (χ4v) is 2.88. The van der Waals surface area contributed by atoms with Gasteiger partial charge in [0.1, 0.15) is 11.5 Å². The fourth-order valence-electron chi connectivity index (χ4n) is 1.94. The van der Waals surface area contributed by atoms with Crippen LogP contribution in [0, 0.1) is 13.8 Å². The summed E-state index contributed by atoms with van der Waals surface area (Å²) in [7, 11) is 1.67. The maximum absolute atomic E-state index is 6.28. The van der Waals surface area contributed by atoms with Crippen molar-refractivity contribution in [3.05, 3.63) is 47.4 Å². The van der Waals surface area contributed by atoms with Crippen molar-refractivity contribution in [1.29, 1.82) is 0 Å². The van der Waals surface area contributed by atoms with E-state index in [2.05, 4.69) is 13.0 Å². The van der Waals surface area contributed by atoms with Gasteiger partial charge in [-0.15, -0.1) is 11.8 Å². The summed E-state index contributed by atoms with van der Waals surface area (Å²) in [5.74, 6) is 2.58. The van der Waals surface area contributed by atoms with Crippen LogP contribution < -0.4 is 10.5 Å². The van der Waals surface area contributed by atoms with Gasteiger partial charge in [0.2, 0.25) is 0 Å². The molecule has 102 valence electrons. The first-order valence-electron chi connectivity index (χ1n) is 6.19. The van der Waals surface area contributed by atoms with E-state index in [1.54, 1.807) is 25.1 Å². The lowest BCUT2D eigenvalue weighted by Crippen LogP contribution is -2.14. The van der Waals surface area contributed by atoms with Crippen molar-refractivity contribution in [1.82, 2.24) is 0 Å². The van der Waals surface area contributed by atoms with Crippen LogP contribution in [0.15, 0.2) is 39.8 Å². The summed E-state index contributed by atoms with van der Waals surface area (Å²) in [6.07, 6.45) is 1.70. The Kier molecular flexibility index (Phi) is 4.56. The van der Waals surface area contributed by atoms with Gasteiger partial charge in [0.05, 0.1) is 13.4 Å². The lowest BCUT2D eigenvalue weighted by molar-refractivity contribution is 0.407. The van der Waals surface area contributed by atoms with Crippen LogP contribution in [-0.4, -0.2) is 12.9 Å². The van der Waals surface area contributed by atoms with Gasteiger partial charge >= 0.3 is 0 Å². The Balaban J connectivity index is 2.09. The van der Waals surface area contributed by atoms with Crippen LogP contribution in [-0.2, 0) is 0 Å². The molecule has 0 aliphatic carbocycles. The Morgan fingerprint density at radius 3 is 2.74 bits per heavy atom. The zero-order valence-corrected chi connectivity index (χ0v) is 12.3. The second-order valence-corrected chi connectivity index (χ2v) is 5.57. The van der Waals surface area contributed by atoms with E-state index in [0.29, 0.717) is 0 Å². The molecule has 0 bridgehead atoms.